The molecule has 1 heterocycles. The molecule has 0 atom stereocenters. The van der Waals surface area contributed by atoms with Crippen LogP contribution in [0.3, 0.4) is 0 Å². The van der Waals surface area contributed by atoms with Gasteiger partial charge in [0.15, 0.2) is 0 Å². The molecule has 1 saturated heterocycles. The lowest BCUT2D eigenvalue weighted by molar-refractivity contribution is -0.154. The molecular formula is C11H24N4O. The molecule has 1 rings (SSSR count). The van der Waals surface area contributed by atoms with Gasteiger partial charge in [0.2, 0.25) is 0 Å². The Hall–Kier alpha value is -0.780. The van der Waals surface area contributed by atoms with Gasteiger partial charge in [-0.15, -0.1) is 0 Å². The van der Waals surface area contributed by atoms with Crippen LogP contribution in [0.2, 0.25) is 0 Å². The van der Waals surface area contributed by atoms with E-state index in [0.29, 0.717) is 0 Å². The number of hydrogen-bond acceptors (Lipinski definition) is 5. The maximum atomic E-state index is 5.25. The molecule has 5 heteroatoms. The number of hydrogen-bond donors (Lipinski definition) is 1. The van der Waals surface area contributed by atoms with Crippen LogP contribution in [-0.4, -0.2) is 54.1 Å². The lowest BCUT2D eigenvalue weighted by Gasteiger charge is -2.39. The van der Waals surface area contributed by atoms with E-state index in [1.54, 1.807) is 5.06 Å². The molecule has 94 valence electrons. The lowest BCUT2D eigenvalue weighted by Crippen LogP contribution is -2.48. The number of hydroxylamine groups is 2. The summed E-state index contributed by atoms with van der Waals surface area (Å²) in [5.74, 6) is 6.12. The van der Waals surface area contributed by atoms with Crippen LogP contribution in [0.15, 0.2) is 12.4 Å². The van der Waals surface area contributed by atoms with Crippen molar-refractivity contribution in [2.24, 2.45) is 5.90 Å². The van der Waals surface area contributed by atoms with E-state index in [2.05, 4.69) is 30.2 Å². The Kier molecular flexibility index (Phi) is 5.59. The Balaban J connectivity index is 2.42. The van der Waals surface area contributed by atoms with Crippen molar-refractivity contribution >= 4 is 0 Å². The highest BCUT2D eigenvalue weighted by Crippen LogP contribution is 2.12. The fourth-order valence-corrected chi connectivity index (χ4v) is 1.93. The highest BCUT2D eigenvalue weighted by Gasteiger charge is 2.20. The smallest absolute Gasteiger partial charge is 0.123 e. The first-order chi connectivity index (χ1) is 7.72. The second kappa shape index (κ2) is 6.73. The maximum absolute atomic E-state index is 5.25. The first-order valence-corrected chi connectivity index (χ1v) is 6.03. The molecule has 0 saturated carbocycles. The summed E-state index contributed by atoms with van der Waals surface area (Å²) >= 11 is 0. The molecule has 0 amide bonds. The van der Waals surface area contributed by atoms with Gasteiger partial charge in [-0.1, -0.05) is 20.4 Å². The van der Waals surface area contributed by atoms with Gasteiger partial charge < -0.3 is 9.80 Å². The predicted octanol–water partition coefficient (Wildman–Crippen LogP) is 0.612. The predicted molar refractivity (Wildman–Crippen MR) is 65.1 cm³/mol. The van der Waals surface area contributed by atoms with Crippen molar-refractivity contribution in [3.05, 3.63) is 12.4 Å². The number of nitrogens with zero attached hydrogens (tertiary/aromatic N) is 3. The molecule has 16 heavy (non-hydrogen) atoms. The van der Waals surface area contributed by atoms with Gasteiger partial charge in [0.25, 0.3) is 0 Å². The zero-order valence-corrected chi connectivity index (χ0v) is 10.5. The Labute approximate surface area is 98.3 Å². The number of nitrogens with two attached hydrogens (primary N) is 1. The lowest BCUT2D eigenvalue weighted by atomic mass is 10.3. The molecule has 1 aliphatic rings. The molecule has 0 aromatic rings. The third-order valence-corrected chi connectivity index (χ3v) is 3.03. The molecule has 5 nitrogen and oxygen atoms in total. The monoisotopic (exact) mass is 228 g/mol. The molecule has 0 bridgehead atoms. The molecule has 0 aliphatic carbocycles. The van der Waals surface area contributed by atoms with Crippen LogP contribution in [0.5, 0.6) is 0 Å². The summed E-state index contributed by atoms with van der Waals surface area (Å²) in [6.07, 6.45) is 0.991. The number of rotatable bonds is 6. The van der Waals surface area contributed by atoms with E-state index in [0.717, 1.165) is 51.5 Å². The minimum atomic E-state index is 0.781. The Morgan fingerprint density at radius 2 is 1.94 bits per heavy atom. The summed E-state index contributed by atoms with van der Waals surface area (Å²) in [4.78, 5) is 9.50. The van der Waals surface area contributed by atoms with Crippen molar-refractivity contribution in [1.82, 2.24) is 14.9 Å². The van der Waals surface area contributed by atoms with Gasteiger partial charge in [-0.3, -0.25) is 0 Å². The minimum absolute atomic E-state index is 0.781. The average molecular weight is 228 g/mol. The van der Waals surface area contributed by atoms with E-state index in [-0.39, 0.29) is 0 Å². The van der Waals surface area contributed by atoms with E-state index >= 15 is 0 Å². The number of piperazine rings is 1. The van der Waals surface area contributed by atoms with Gasteiger partial charge in [-0.2, -0.15) is 10.8 Å². The molecule has 0 aromatic carbocycles. The summed E-state index contributed by atoms with van der Waals surface area (Å²) in [7, 11) is 0. The van der Waals surface area contributed by atoms with E-state index in [4.69, 9.17) is 10.8 Å². The summed E-state index contributed by atoms with van der Waals surface area (Å²) in [5.41, 5.74) is 0. The van der Waals surface area contributed by atoms with Crippen molar-refractivity contribution in [2.45, 2.75) is 20.3 Å². The first-order valence-electron chi connectivity index (χ1n) is 6.03. The maximum Gasteiger partial charge on any atom is 0.123 e. The molecule has 1 fully saturated rings. The van der Waals surface area contributed by atoms with Crippen molar-refractivity contribution in [2.75, 3.05) is 39.3 Å². The molecule has 0 spiro atoms. The normalized spacial score (nSPS) is 17.6. The molecule has 1 aliphatic heterocycles. The third-order valence-electron chi connectivity index (χ3n) is 3.03. The molecular weight excluding hydrogens is 204 g/mol. The van der Waals surface area contributed by atoms with Gasteiger partial charge >= 0.3 is 0 Å². The summed E-state index contributed by atoms with van der Waals surface area (Å²) in [6, 6.07) is 0. The number of likely N-dealkylation sites (N-methyl/N-ethyl adjacent to an activating group) is 1. The Bertz CT molecular complexity index is 214. The fourth-order valence-electron chi connectivity index (χ4n) is 1.93. The molecule has 0 radical (unpaired) electrons. The van der Waals surface area contributed by atoms with E-state index in [1.807, 2.05) is 0 Å². The standard InChI is InChI=1S/C11H24N4O/c1-4-6-15(16-12)11(3)14-9-7-13(5-2)8-10-14/h3-10,12H2,1-2H3. The second-order valence-corrected chi connectivity index (χ2v) is 4.05. The second-order valence-electron chi connectivity index (χ2n) is 4.05. The van der Waals surface area contributed by atoms with Crippen molar-refractivity contribution < 1.29 is 4.94 Å². The summed E-state index contributed by atoms with van der Waals surface area (Å²) in [6.45, 7) is 14.4. The fraction of sp³-hybridized carbons (Fsp3) is 0.818. The van der Waals surface area contributed by atoms with Crippen molar-refractivity contribution in [3.63, 3.8) is 0 Å². The molecule has 0 aromatic heterocycles. The highest BCUT2D eigenvalue weighted by atomic mass is 16.8. The Morgan fingerprint density at radius 3 is 2.38 bits per heavy atom. The SMILES string of the molecule is C=C(N1CCN(CC)CC1)N(CCC)ON. The summed E-state index contributed by atoms with van der Waals surface area (Å²) < 4.78 is 0. The van der Waals surface area contributed by atoms with Crippen LogP contribution in [0, 0.1) is 0 Å². The van der Waals surface area contributed by atoms with Gasteiger partial charge in [0.05, 0.1) is 0 Å². The van der Waals surface area contributed by atoms with Gasteiger partial charge in [-0.25, -0.2) is 5.06 Å². The molecule has 2 N–H and O–H groups in total. The third kappa shape index (κ3) is 3.37. The Morgan fingerprint density at radius 1 is 1.31 bits per heavy atom. The van der Waals surface area contributed by atoms with Gasteiger partial charge in [0.1, 0.15) is 5.82 Å². The van der Waals surface area contributed by atoms with Crippen LogP contribution >= 0.6 is 0 Å². The minimum Gasteiger partial charge on any atom is -0.354 e. The zero-order chi connectivity index (χ0) is 12.0. The highest BCUT2D eigenvalue weighted by molar-refractivity contribution is 4.93. The van der Waals surface area contributed by atoms with Crippen LogP contribution in [0.4, 0.5) is 0 Å². The van der Waals surface area contributed by atoms with E-state index in [1.165, 1.54) is 0 Å². The van der Waals surface area contributed by atoms with Crippen molar-refractivity contribution in [3.8, 4) is 0 Å². The first kappa shape index (κ1) is 13.3. The van der Waals surface area contributed by atoms with Crippen molar-refractivity contribution in [1.29, 1.82) is 0 Å². The van der Waals surface area contributed by atoms with Crippen LogP contribution < -0.4 is 5.90 Å². The van der Waals surface area contributed by atoms with E-state index in [9.17, 15) is 0 Å². The topological polar surface area (TPSA) is 45.0 Å². The van der Waals surface area contributed by atoms with Gasteiger partial charge in [0, 0.05) is 32.7 Å². The van der Waals surface area contributed by atoms with Crippen LogP contribution in [0.25, 0.3) is 0 Å². The molecule has 0 unspecified atom stereocenters. The summed E-state index contributed by atoms with van der Waals surface area (Å²) in [5, 5.41) is 1.67. The largest absolute Gasteiger partial charge is 0.354 e. The van der Waals surface area contributed by atoms with Crippen LogP contribution in [0.1, 0.15) is 20.3 Å². The van der Waals surface area contributed by atoms with Gasteiger partial charge in [-0.05, 0) is 13.0 Å². The zero-order valence-electron chi connectivity index (χ0n) is 10.5. The quantitative estimate of drug-likeness (QED) is 0.675. The van der Waals surface area contributed by atoms with E-state index < -0.39 is 0 Å². The average Bonchev–Trinajstić information content (AvgIpc) is 2.35. The van der Waals surface area contributed by atoms with Crippen LogP contribution in [-0.2, 0) is 4.94 Å².